The molecule has 0 heterocycles. The number of anilines is 9. The van der Waals surface area contributed by atoms with E-state index in [-0.39, 0.29) is 5.41 Å². The van der Waals surface area contributed by atoms with Gasteiger partial charge in [-0.05, 0) is 152 Å². The molecule has 0 aromatic heterocycles. The Morgan fingerprint density at radius 1 is 0.230 bits per heavy atom. The highest BCUT2D eigenvalue weighted by Gasteiger charge is 2.38. The van der Waals surface area contributed by atoms with Crippen LogP contribution >= 0.6 is 0 Å². The summed E-state index contributed by atoms with van der Waals surface area (Å²) < 4.78 is 0. The summed E-state index contributed by atoms with van der Waals surface area (Å²) in [7, 11) is 0. The van der Waals surface area contributed by atoms with E-state index < -0.39 is 0 Å². The van der Waals surface area contributed by atoms with Crippen molar-refractivity contribution in [3.63, 3.8) is 0 Å². The highest BCUT2D eigenvalue weighted by Crippen LogP contribution is 2.57. The molecule has 14 rings (SSSR count). The third-order valence-electron chi connectivity index (χ3n) is 15.5. The van der Waals surface area contributed by atoms with Crippen molar-refractivity contribution in [3.05, 3.63) is 284 Å². The molecular weight excluding hydrogens is 895 g/mol. The smallest absolute Gasteiger partial charge is 0.0620 e. The van der Waals surface area contributed by atoms with Crippen LogP contribution in [0.2, 0.25) is 0 Å². The van der Waals surface area contributed by atoms with E-state index in [1.807, 2.05) is 0 Å². The van der Waals surface area contributed by atoms with E-state index in [1.165, 1.54) is 65.3 Å². The average molecular weight is 946 g/mol. The fourth-order valence-corrected chi connectivity index (χ4v) is 11.9. The predicted octanol–water partition coefficient (Wildman–Crippen LogP) is 20.2. The Hall–Kier alpha value is -9.44. The Morgan fingerprint density at radius 3 is 1.03 bits per heavy atom. The topological polar surface area (TPSA) is 9.72 Å². The van der Waals surface area contributed by atoms with Crippen LogP contribution in [-0.2, 0) is 5.41 Å². The SMILES string of the molecule is CC1(C)c2cc(N(c3ccccc3)c3ccc4ccccc4c3)ccc2-c2cc3c(N(c4ccccc4)c4ccc5ccccc5c4)c4ccccc4c(N(c4ccccc4)c4ccc5ccccc5c4)c3cc21. The third kappa shape index (κ3) is 7.11. The van der Waals surface area contributed by atoms with Crippen molar-refractivity contribution in [1.82, 2.24) is 0 Å². The van der Waals surface area contributed by atoms with E-state index in [9.17, 15) is 0 Å². The molecule has 0 amide bonds. The molecule has 0 N–H and O–H groups in total. The summed E-state index contributed by atoms with van der Waals surface area (Å²) in [6, 6.07) is 101. The first kappa shape index (κ1) is 43.4. The standard InChI is InChI=1S/C71H51N3/c1-71(2)67-45-60(72(54-26-6-3-7-27-54)57-37-34-48-20-12-15-23-51(48)42-57)40-41-61(67)64-46-65-66(47-68(64)71)70(74(56-30-10-5-11-31-56)59-39-36-50-22-14-17-25-53(50)44-59)63-33-19-18-32-62(63)69(65)73(55-28-8-4-9-29-55)58-38-35-49-21-13-16-24-52(49)43-58/h3-47H,1-2H3. The summed E-state index contributed by atoms with van der Waals surface area (Å²) in [5, 5.41) is 11.9. The quantitative estimate of drug-likeness (QED) is 0.105. The van der Waals surface area contributed by atoms with Crippen LogP contribution in [0, 0.1) is 0 Å². The Labute approximate surface area is 432 Å². The number of nitrogens with zero attached hydrogens (tertiary/aromatic N) is 3. The van der Waals surface area contributed by atoms with Crippen molar-refractivity contribution in [2.75, 3.05) is 14.7 Å². The van der Waals surface area contributed by atoms with Crippen LogP contribution in [0.3, 0.4) is 0 Å². The molecule has 0 unspecified atom stereocenters. The van der Waals surface area contributed by atoms with Gasteiger partial charge in [-0.25, -0.2) is 0 Å². The zero-order valence-corrected chi connectivity index (χ0v) is 41.3. The summed E-state index contributed by atoms with van der Waals surface area (Å²) >= 11 is 0. The van der Waals surface area contributed by atoms with Gasteiger partial charge in [0, 0.05) is 66.8 Å². The molecular formula is C71H51N3. The summed E-state index contributed by atoms with van der Waals surface area (Å²) in [5.74, 6) is 0. The van der Waals surface area contributed by atoms with Gasteiger partial charge in [0.15, 0.2) is 0 Å². The highest BCUT2D eigenvalue weighted by atomic mass is 15.2. The lowest BCUT2D eigenvalue weighted by molar-refractivity contribution is 0.661. The number of hydrogen-bond acceptors (Lipinski definition) is 3. The van der Waals surface area contributed by atoms with Gasteiger partial charge >= 0.3 is 0 Å². The molecule has 74 heavy (non-hydrogen) atoms. The fraction of sp³-hybridized carbons (Fsp3) is 0.0423. The number of rotatable bonds is 9. The van der Waals surface area contributed by atoms with Gasteiger partial charge in [-0.15, -0.1) is 0 Å². The van der Waals surface area contributed by atoms with E-state index in [2.05, 4.69) is 302 Å². The second-order valence-electron chi connectivity index (χ2n) is 20.1. The van der Waals surface area contributed by atoms with Gasteiger partial charge in [-0.1, -0.05) is 190 Å². The fourth-order valence-electron chi connectivity index (χ4n) is 11.9. The number of fused-ring (bicyclic) bond motifs is 8. The predicted molar refractivity (Wildman–Crippen MR) is 316 cm³/mol. The van der Waals surface area contributed by atoms with Crippen LogP contribution in [0.4, 0.5) is 51.2 Å². The maximum Gasteiger partial charge on any atom is 0.0620 e. The highest BCUT2D eigenvalue weighted by molar-refractivity contribution is 6.24. The van der Waals surface area contributed by atoms with E-state index >= 15 is 0 Å². The summed E-state index contributed by atoms with van der Waals surface area (Å²) in [6.45, 7) is 4.84. The normalized spacial score (nSPS) is 12.6. The zero-order valence-electron chi connectivity index (χ0n) is 41.3. The van der Waals surface area contributed by atoms with Crippen LogP contribution in [0.5, 0.6) is 0 Å². The molecule has 0 saturated carbocycles. The van der Waals surface area contributed by atoms with Gasteiger partial charge in [-0.3, -0.25) is 0 Å². The van der Waals surface area contributed by atoms with Crippen LogP contribution in [0.15, 0.2) is 273 Å². The Balaban J connectivity index is 1.07. The molecule has 13 aromatic carbocycles. The van der Waals surface area contributed by atoms with Gasteiger partial charge < -0.3 is 14.7 Å². The molecule has 0 fully saturated rings. The molecule has 0 bridgehead atoms. The van der Waals surface area contributed by atoms with Crippen molar-refractivity contribution in [3.8, 4) is 11.1 Å². The third-order valence-corrected chi connectivity index (χ3v) is 15.5. The van der Waals surface area contributed by atoms with Crippen LogP contribution in [-0.4, -0.2) is 0 Å². The van der Waals surface area contributed by atoms with Crippen LogP contribution < -0.4 is 14.7 Å². The lowest BCUT2D eigenvalue weighted by Crippen LogP contribution is -2.17. The van der Waals surface area contributed by atoms with Crippen molar-refractivity contribution in [2.24, 2.45) is 0 Å². The summed E-state index contributed by atoms with van der Waals surface area (Å²) in [5.41, 5.74) is 14.8. The van der Waals surface area contributed by atoms with Gasteiger partial charge in [0.25, 0.3) is 0 Å². The monoisotopic (exact) mass is 945 g/mol. The van der Waals surface area contributed by atoms with E-state index in [1.54, 1.807) is 0 Å². The maximum atomic E-state index is 2.55. The van der Waals surface area contributed by atoms with Gasteiger partial charge in [0.1, 0.15) is 0 Å². The first-order valence-corrected chi connectivity index (χ1v) is 25.7. The van der Waals surface area contributed by atoms with Crippen molar-refractivity contribution in [1.29, 1.82) is 0 Å². The molecule has 3 heteroatoms. The van der Waals surface area contributed by atoms with Gasteiger partial charge in [-0.2, -0.15) is 0 Å². The Morgan fingerprint density at radius 2 is 0.568 bits per heavy atom. The van der Waals surface area contributed by atoms with Crippen molar-refractivity contribution >= 4 is 105 Å². The molecule has 0 atom stereocenters. The van der Waals surface area contributed by atoms with Crippen LogP contribution in [0.1, 0.15) is 25.0 Å². The van der Waals surface area contributed by atoms with Crippen LogP contribution in [0.25, 0.3) is 65.0 Å². The van der Waals surface area contributed by atoms with Gasteiger partial charge in [0.05, 0.1) is 11.4 Å². The van der Waals surface area contributed by atoms with E-state index in [4.69, 9.17) is 0 Å². The molecule has 0 radical (unpaired) electrons. The summed E-state index contributed by atoms with van der Waals surface area (Å²) in [6.07, 6.45) is 0. The maximum absolute atomic E-state index is 2.55. The molecule has 1 aliphatic rings. The number of hydrogen-bond donors (Lipinski definition) is 0. The lowest BCUT2D eigenvalue weighted by Gasteiger charge is -2.33. The zero-order chi connectivity index (χ0) is 49.3. The largest absolute Gasteiger partial charge is 0.310 e. The Kier molecular flexibility index (Phi) is 10.2. The number of benzene rings is 13. The first-order chi connectivity index (χ1) is 36.5. The van der Waals surface area contributed by atoms with Gasteiger partial charge in [0.2, 0.25) is 0 Å². The molecule has 0 aliphatic heterocycles. The molecule has 1 aliphatic carbocycles. The second kappa shape index (κ2) is 17.4. The lowest BCUT2D eigenvalue weighted by atomic mass is 9.81. The van der Waals surface area contributed by atoms with E-state index in [0.717, 1.165) is 62.0 Å². The molecule has 350 valence electrons. The molecule has 0 saturated heterocycles. The minimum absolute atomic E-state index is 0.359. The second-order valence-corrected chi connectivity index (χ2v) is 20.1. The summed E-state index contributed by atoms with van der Waals surface area (Å²) in [4.78, 5) is 7.42. The minimum Gasteiger partial charge on any atom is -0.310 e. The molecule has 3 nitrogen and oxygen atoms in total. The van der Waals surface area contributed by atoms with E-state index in [0.29, 0.717) is 0 Å². The minimum atomic E-state index is -0.359. The van der Waals surface area contributed by atoms with Crippen molar-refractivity contribution < 1.29 is 0 Å². The molecule has 0 spiro atoms. The number of para-hydroxylation sites is 3. The van der Waals surface area contributed by atoms with Crippen molar-refractivity contribution in [2.45, 2.75) is 19.3 Å². The average Bonchev–Trinajstić information content (AvgIpc) is 3.75. The first-order valence-electron chi connectivity index (χ1n) is 25.7. The molecule has 13 aromatic rings. The Bertz CT molecular complexity index is 4300.